The molecule has 13 nitrogen and oxygen atoms in total. The molecule has 58 heavy (non-hydrogen) atoms. The number of nitrogens with two attached hydrogens (primary N) is 1. The number of benzene rings is 3. The highest BCUT2D eigenvalue weighted by molar-refractivity contribution is 6.36. The van der Waals surface area contributed by atoms with Gasteiger partial charge in [0.15, 0.2) is 11.6 Å². The van der Waals surface area contributed by atoms with Gasteiger partial charge >= 0.3 is 0 Å². The number of ether oxygens (including phenoxy) is 1. The molecule has 4 aliphatic rings. The zero-order valence-corrected chi connectivity index (χ0v) is 32.5. The third-order valence-electron chi connectivity index (χ3n) is 12.5. The number of imide groups is 1. The first kappa shape index (κ1) is 39.2. The summed E-state index contributed by atoms with van der Waals surface area (Å²) in [7, 11) is 0. The van der Waals surface area contributed by atoms with Gasteiger partial charge in [0, 0.05) is 31.2 Å². The number of carbonyl (C=O) groups is 3. The van der Waals surface area contributed by atoms with E-state index in [0.717, 1.165) is 51.0 Å². The molecule has 4 fully saturated rings. The Morgan fingerprint density at radius 3 is 2.52 bits per heavy atom. The number of nitrogens with zero attached hydrogens (tertiary/aromatic N) is 5. The topological polar surface area (TPSA) is 176 Å². The number of carbonyl (C=O) groups excluding carboxylic acids is 3. The number of nitrogens with one attached hydrogen (secondary N) is 2. The standard InChI is InChI=1S/C42H43ClF2N8O5/c43-38-34(58-39-28(21-46)31(47)4-3-29(39)44)7-5-32-37(38)41(57)53(23-48-32)26-9-12-42(20-26)13-17-52(18-14-42)36(55)22-51-15-10-24(11-16-51)27-2-1-25(19-30(27)45)49-33-6-8-35(54)50-40(33)56/h1-5,7,19,23-24,26,33,49H,6,8-18,20,22,47H2,(H,50,54,56)/t26-,33?/m0/s1. The number of nitrogen functional groups attached to an aromatic ring is 1. The maximum atomic E-state index is 15.2. The number of hydrogen-bond acceptors (Lipinski definition) is 10. The summed E-state index contributed by atoms with van der Waals surface area (Å²) >= 11 is 6.71. The lowest BCUT2D eigenvalue weighted by molar-refractivity contribution is -0.135. The Bertz CT molecular complexity index is 2400. The van der Waals surface area contributed by atoms with Crippen molar-refractivity contribution in [3.8, 4) is 17.6 Å². The lowest BCUT2D eigenvalue weighted by atomic mass is 9.77. The molecule has 4 heterocycles. The minimum absolute atomic E-state index is 0.00195. The Morgan fingerprint density at radius 2 is 1.79 bits per heavy atom. The van der Waals surface area contributed by atoms with Crippen LogP contribution < -0.4 is 26.7 Å². The summed E-state index contributed by atoms with van der Waals surface area (Å²) in [6.45, 7) is 2.93. The van der Waals surface area contributed by atoms with Crippen molar-refractivity contribution in [3.05, 3.63) is 86.9 Å². The number of amides is 3. The first-order valence-corrected chi connectivity index (χ1v) is 20.0. The smallest absolute Gasteiger partial charge is 0.263 e. The van der Waals surface area contributed by atoms with E-state index in [0.29, 0.717) is 55.9 Å². The number of likely N-dealkylation sites (tertiary alicyclic amines) is 2. The average Bonchev–Trinajstić information content (AvgIpc) is 3.61. The molecule has 4 aromatic rings. The molecule has 1 aliphatic carbocycles. The molecule has 0 radical (unpaired) electrons. The summed E-state index contributed by atoms with van der Waals surface area (Å²) in [5, 5.41) is 15.0. The van der Waals surface area contributed by atoms with Crippen LogP contribution in [0.25, 0.3) is 10.9 Å². The van der Waals surface area contributed by atoms with E-state index >= 15 is 4.39 Å². The second kappa shape index (κ2) is 16.0. The van der Waals surface area contributed by atoms with E-state index in [1.54, 1.807) is 29.1 Å². The van der Waals surface area contributed by atoms with E-state index < -0.39 is 17.8 Å². The van der Waals surface area contributed by atoms with Gasteiger partial charge in [-0.3, -0.25) is 34.0 Å². The highest BCUT2D eigenvalue weighted by Crippen LogP contribution is 2.50. The molecule has 2 atom stereocenters. The van der Waals surface area contributed by atoms with Crippen LogP contribution in [0.4, 0.5) is 20.2 Å². The van der Waals surface area contributed by atoms with Gasteiger partial charge in [0.25, 0.3) is 5.56 Å². The van der Waals surface area contributed by atoms with Crippen molar-refractivity contribution in [2.24, 2.45) is 5.41 Å². The normalized spacial score (nSPS) is 21.2. The third-order valence-corrected chi connectivity index (χ3v) is 12.9. The molecular weight excluding hydrogens is 770 g/mol. The second-order valence-electron chi connectivity index (χ2n) is 16.0. The average molecular weight is 813 g/mol. The van der Waals surface area contributed by atoms with Gasteiger partial charge in [-0.05, 0) is 118 Å². The summed E-state index contributed by atoms with van der Waals surface area (Å²) in [4.78, 5) is 59.5. The Balaban J connectivity index is 0.844. The maximum absolute atomic E-state index is 15.2. The number of rotatable bonds is 8. The fraction of sp³-hybridized carbons (Fsp3) is 0.429. The molecule has 3 saturated heterocycles. The van der Waals surface area contributed by atoms with Gasteiger partial charge in [0.1, 0.15) is 29.2 Å². The van der Waals surface area contributed by atoms with E-state index in [2.05, 4.69) is 20.5 Å². The van der Waals surface area contributed by atoms with E-state index in [1.165, 1.54) is 18.2 Å². The van der Waals surface area contributed by atoms with Crippen molar-refractivity contribution in [3.63, 3.8) is 0 Å². The Kier molecular flexibility index (Phi) is 10.8. The van der Waals surface area contributed by atoms with E-state index in [1.807, 2.05) is 11.0 Å². The molecule has 302 valence electrons. The van der Waals surface area contributed by atoms with Crippen LogP contribution in [-0.4, -0.2) is 75.8 Å². The highest BCUT2D eigenvalue weighted by atomic mass is 35.5. The highest BCUT2D eigenvalue weighted by Gasteiger charge is 2.43. The van der Waals surface area contributed by atoms with Gasteiger partial charge in [-0.15, -0.1) is 0 Å². The molecule has 16 heteroatoms. The van der Waals surface area contributed by atoms with Crippen molar-refractivity contribution in [2.45, 2.75) is 75.8 Å². The minimum atomic E-state index is -0.795. The Labute approximate surface area is 338 Å². The number of fused-ring (bicyclic) bond motifs is 1. The SMILES string of the molecule is N#Cc1c(N)ccc(F)c1Oc1ccc2ncn([C@H]3CCC4(CCN(C(=O)CN5CCC(c6ccc(NC7CCC(=O)NC7=O)cc6F)CC5)CC4)C3)c(=O)c2c1Cl. The van der Waals surface area contributed by atoms with Gasteiger partial charge < -0.3 is 20.7 Å². The first-order chi connectivity index (χ1) is 27.9. The second-order valence-corrected chi connectivity index (χ2v) is 16.4. The number of nitriles is 1. The molecule has 0 bridgehead atoms. The molecular formula is C42H43ClF2N8O5. The van der Waals surface area contributed by atoms with Crippen molar-refractivity contribution in [2.75, 3.05) is 43.8 Å². The van der Waals surface area contributed by atoms with Crippen molar-refractivity contribution >= 4 is 51.6 Å². The van der Waals surface area contributed by atoms with Gasteiger partial charge in [-0.1, -0.05) is 17.7 Å². The van der Waals surface area contributed by atoms with Crippen molar-refractivity contribution in [1.82, 2.24) is 24.7 Å². The fourth-order valence-corrected chi connectivity index (χ4v) is 9.45. The van der Waals surface area contributed by atoms with Crippen molar-refractivity contribution < 1.29 is 27.9 Å². The Morgan fingerprint density at radius 1 is 1.02 bits per heavy atom. The molecule has 3 aliphatic heterocycles. The van der Waals surface area contributed by atoms with Crippen LogP contribution >= 0.6 is 11.6 Å². The molecule has 4 N–H and O–H groups in total. The van der Waals surface area contributed by atoms with Crippen LogP contribution in [0.15, 0.2) is 53.6 Å². The number of aromatic nitrogens is 2. The third kappa shape index (κ3) is 7.70. The van der Waals surface area contributed by atoms with Gasteiger partial charge in [0.05, 0.1) is 34.5 Å². The Hall–Kier alpha value is -5.59. The molecule has 1 spiro atoms. The van der Waals surface area contributed by atoms with E-state index in [4.69, 9.17) is 22.1 Å². The molecule has 1 saturated carbocycles. The molecule has 8 rings (SSSR count). The van der Waals surface area contributed by atoms with Gasteiger partial charge in [0.2, 0.25) is 17.7 Å². The van der Waals surface area contributed by atoms with Crippen LogP contribution in [0.1, 0.15) is 80.9 Å². The monoisotopic (exact) mass is 812 g/mol. The quantitative estimate of drug-likeness (QED) is 0.141. The molecule has 1 unspecified atom stereocenters. The number of anilines is 2. The molecule has 3 aromatic carbocycles. The van der Waals surface area contributed by atoms with Crippen LogP contribution in [0.2, 0.25) is 5.02 Å². The summed E-state index contributed by atoms with van der Waals surface area (Å²) in [6.07, 6.45) is 7.67. The largest absolute Gasteiger partial charge is 0.451 e. The molecule has 3 amide bonds. The predicted molar refractivity (Wildman–Crippen MR) is 212 cm³/mol. The van der Waals surface area contributed by atoms with Gasteiger partial charge in [-0.2, -0.15) is 5.26 Å². The summed E-state index contributed by atoms with van der Waals surface area (Å²) < 4.78 is 37.3. The molecule has 1 aromatic heterocycles. The van der Waals surface area contributed by atoms with E-state index in [9.17, 15) is 28.8 Å². The lowest BCUT2D eigenvalue weighted by Crippen LogP contribution is -2.47. The van der Waals surface area contributed by atoms with Crippen LogP contribution in [0, 0.1) is 28.4 Å². The van der Waals surface area contributed by atoms with E-state index in [-0.39, 0.29) is 80.1 Å². The fourth-order valence-electron chi connectivity index (χ4n) is 9.17. The van der Waals surface area contributed by atoms with Crippen LogP contribution in [-0.2, 0) is 14.4 Å². The predicted octanol–water partition coefficient (Wildman–Crippen LogP) is 6.00. The lowest BCUT2D eigenvalue weighted by Gasteiger charge is -2.40. The van der Waals surface area contributed by atoms with Gasteiger partial charge in [-0.25, -0.2) is 13.8 Å². The summed E-state index contributed by atoms with van der Waals surface area (Å²) in [6, 6.07) is 11.5. The number of halogens is 3. The van der Waals surface area contributed by atoms with Crippen LogP contribution in [0.5, 0.6) is 11.5 Å². The maximum Gasteiger partial charge on any atom is 0.263 e. The van der Waals surface area contributed by atoms with Crippen LogP contribution in [0.3, 0.4) is 0 Å². The first-order valence-electron chi connectivity index (χ1n) is 19.7. The minimum Gasteiger partial charge on any atom is -0.451 e. The summed E-state index contributed by atoms with van der Waals surface area (Å²) in [5.74, 6) is -2.11. The number of hydrogen-bond donors (Lipinski definition) is 3. The van der Waals surface area contributed by atoms with Crippen molar-refractivity contribution in [1.29, 1.82) is 5.26 Å². The number of piperidine rings is 3. The zero-order chi connectivity index (χ0) is 40.7. The zero-order valence-electron chi connectivity index (χ0n) is 31.7. The summed E-state index contributed by atoms with van der Waals surface area (Å²) in [5.41, 5.74) is 6.85.